The molecule has 0 spiro atoms. The largest absolute Gasteiger partial charge is 0.416 e. The molecule has 2 heterocycles. The van der Waals surface area contributed by atoms with E-state index in [1.165, 1.54) is 24.3 Å². The van der Waals surface area contributed by atoms with E-state index in [0.29, 0.717) is 95.4 Å². The molecule has 0 amide bonds. The third kappa shape index (κ3) is 7.87. The molecule has 67 heavy (non-hydrogen) atoms. The minimum Gasteiger partial charge on any atom is -0.308 e. The van der Waals surface area contributed by atoms with Crippen LogP contribution in [0.5, 0.6) is 0 Å². The van der Waals surface area contributed by atoms with Gasteiger partial charge in [0, 0.05) is 27.5 Å². The average Bonchev–Trinajstić information content (AvgIpc) is 3.71. The monoisotopic (exact) mass is 870 g/mol. The molecule has 0 fully saturated rings. The summed E-state index contributed by atoms with van der Waals surface area (Å²) in [6.45, 7) is 0. The Hall–Kier alpha value is -9.68. The Balaban J connectivity index is 1.32. The van der Waals surface area contributed by atoms with Crippen molar-refractivity contribution in [2.45, 2.75) is 6.18 Å². The molecule has 0 aliphatic heterocycles. The second kappa shape index (κ2) is 16.8. The molecule has 314 valence electrons. The molecule has 8 nitrogen and oxygen atoms in total. The van der Waals surface area contributed by atoms with Crippen LogP contribution in [0.4, 0.5) is 13.2 Å². The van der Waals surface area contributed by atoms with Crippen LogP contribution < -0.4 is 0 Å². The highest BCUT2D eigenvalue weighted by Crippen LogP contribution is 2.42. The Bertz CT molecular complexity index is 3520. The van der Waals surface area contributed by atoms with Crippen LogP contribution in [0.2, 0.25) is 0 Å². The third-order valence-corrected chi connectivity index (χ3v) is 11.5. The zero-order chi connectivity index (χ0) is 46.2. The summed E-state index contributed by atoms with van der Waals surface area (Å²) in [5, 5.41) is 41.3. The van der Waals surface area contributed by atoms with E-state index < -0.39 is 11.7 Å². The number of aromatic nitrogens is 4. The molecule has 0 bridgehead atoms. The lowest BCUT2D eigenvalue weighted by atomic mass is 9.98. The summed E-state index contributed by atoms with van der Waals surface area (Å²) in [5.74, 6) is 1.17. The first kappa shape index (κ1) is 41.3. The van der Waals surface area contributed by atoms with Crippen molar-refractivity contribution in [1.82, 2.24) is 19.5 Å². The molecule has 2 aromatic heterocycles. The fourth-order valence-electron chi connectivity index (χ4n) is 8.35. The maximum Gasteiger partial charge on any atom is 0.416 e. The molecule has 0 N–H and O–H groups in total. The highest BCUT2D eigenvalue weighted by atomic mass is 19.4. The van der Waals surface area contributed by atoms with Gasteiger partial charge in [0.2, 0.25) is 0 Å². The fraction of sp³-hybridized carbons (Fsp3) is 0.0179. The second-order valence-electron chi connectivity index (χ2n) is 15.7. The van der Waals surface area contributed by atoms with E-state index in [1.54, 1.807) is 24.3 Å². The standard InChI is InChI=1S/C56H29F3N8/c57-56(58,59)46-16-11-38(12-17-46)41-15-20-49(55-65-53(39-7-3-1-4-8-39)64-54(66-55)40-9-5-2-6-10-40)52(27-41)67-50-28-42(44-23-34(30-60)21-35(24-44)31-61)13-18-47(50)48-19-14-43(29-51(48)67)45-25-36(32-62)22-37(26-45)33-63/h1-29H. The summed E-state index contributed by atoms with van der Waals surface area (Å²) in [4.78, 5) is 15.1. The van der Waals surface area contributed by atoms with Gasteiger partial charge in [-0.25, -0.2) is 15.0 Å². The van der Waals surface area contributed by atoms with Crippen LogP contribution in [0, 0.1) is 45.3 Å². The Morgan fingerprint density at radius 3 is 1.21 bits per heavy atom. The van der Waals surface area contributed by atoms with Crippen molar-refractivity contribution in [2.24, 2.45) is 0 Å². The van der Waals surface area contributed by atoms with Gasteiger partial charge in [-0.3, -0.25) is 0 Å². The number of nitriles is 4. The molecule has 0 saturated carbocycles. The molecule has 0 saturated heterocycles. The predicted molar refractivity (Wildman–Crippen MR) is 251 cm³/mol. The molecular formula is C56H29F3N8. The summed E-state index contributed by atoms with van der Waals surface area (Å²) < 4.78 is 43.5. The third-order valence-electron chi connectivity index (χ3n) is 11.5. The Labute approximate surface area is 381 Å². The lowest BCUT2D eigenvalue weighted by Gasteiger charge is -2.17. The van der Waals surface area contributed by atoms with Gasteiger partial charge in [-0.15, -0.1) is 0 Å². The number of benzene rings is 8. The molecule has 0 atom stereocenters. The van der Waals surface area contributed by atoms with Crippen LogP contribution in [-0.2, 0) is 6.18 Å². The number of fused-ring (bicyclic) bond motifs is 3. The molecule has 11 heteroatoms. The maximum atomic E-state index is 13.8. The summed E-state index contributed by atoms with van der Waals surface area (Å²) in [5.41, 5.74) is 8.42. The summed E-state index contributed by atoms with van der Waals surface area (Å²) in [7, 11) is 0. The number of nitrogens with zero attached hydrogens (tertiary/aromatic N) is 8. The van der Waals surface area contributed by atoms with Crippen LogP contribution in [0.3, 0.4) is 0 Å². The van der Waals surface area contributed by atoms with Gasteiger partial charge in [0.25, 0.3) is 0 Å². The zero-order valence-electron chi connectivity index (χ0n) is 35.0. The van der Waals surface area contributed by atoms with Gasteiger partial charge in [0.15, 0.2) is 17.5 Å². The van der Waals surface area contributed by atoms with Gasteiger partial charge >= 0.3 is 6.18 Å². The fourth-order valence-corrected chi connectivity index (χ4v) is 8.35. The van der Waals surface area contributed by atoms with Crippen molar-refractivity contribution >= 4 is 21.8 Å². The number of hydrogen-bond donors (Lipinski definition) is 0. The van der Waals surface area contributed by atoms with Gasteiger partial charge in [0.05, 0.1) is 68.8 Å². The lowest BCUT2D eigenvalue weighted by Crippen LogP contribution is -2.05. The van der Waals surface area contributed by atoms with Crippen LogP contribution in [-0.4, -0.2) is 19.5 Å². The van der Waals surface area contributed by atoms with Crippen LogP contribution in [0.25, 0.3) is 95.0 Å². The maximum absolute atomic E-state index is 13.8. The van der Waals surface area contributed by atoms with E-state index in [0.717, 1.165) is 34.0 Å². The quantitative estimate of drug-likeness (QED) is 0.155. The Kier molecular flexibility index (Phi) is 10.4. The first-order valence-electron chi connectivity index (χ1n) is 20.8. The average molecular weight is 871 g/mol. The van der Waals surface area contributed by atoms with E-state index >= 15 is 0 Å². The zero-order valence-corrected chi connectivity index (χ0v) is 35.0. The van der Waals surface area contributed by atoms with Gasteiger partial charge in [-0.05, 0) is 106 Å². The van der Waals surface area contributed by atoms with Crippen LogP contribution in [0.15, 0.2) is 176 Å². The lowest BCUT2D eigenvalue weighted by molar-refractivity contribution is -0.137. The highest BCUT2D eigenvalue weighted by molar-refractivity contribution is 6.12. The molecule has 0 aliphatic carbocycles. The van der Waals surface area contributed by atoms with Crippen molar-refractivity contribution in [3.63, 3.8) is 0 Å². The normalized spacial score (nSPS) is 11.1. The first-order chi connectivity index (χ1) is 32.6. The summed E-state index contributed by atoms with van der Waals surface area (Å²) in [6.07, 6.45) is -4.53. The van der Waals surface area contributed by atoms with Crippen LogP contribution in [0.1, 0.15) is 27.8 Å². The molecule has 0 radical (unpaired) electrons. The van der Waals surface area contributed by atoms with Crippen molar-refractivity contribution in [1.29, 1.82) is 21.0 Å². The molecule has 8 aromatic carbocycles. The van der Waals surface area contributed by atoms with Crippen molar-refractivity contribution in [3.05, 3.63) is 204 Å². The number of halogens is 3. The molecule has 10 aromatic rings. The smallest absolute Gasteiger partial charge is 0.308 e. The van der Waals surface area contributed by atoms with Crippen molar-refractivity contribution in [3.8, 4) is 97.5 Å². The van der Waals surface area contributed by atoms with E-state index in [9.17, 15) is 34.2 Å². The van der Waals surface area contributed by atoms with E-state index in [-0.39, 0.29) is 0 Å². The van der Waals surface area contributed by atoms with Gasteiger partial charge < -0.3 is 4.57 Å². The first-order valence-corrected chi connectivity index (χ1v) is 20.8. The summed E-state index contributed by atoms with van der Waals surface area (Å²) in [6, 6.07) is 60.0. The molecule has 0 aliphatic rings. The SMILES string of the molecule is N#Cc1cc(C#N)cc(-c2ccc3c4ccc(-c5cc(C#N)cc(C#N)c5)cc4n(-c4cc(-c5ccc(C(F)(F)F)cc5)ccc4-c4nc(-c5ccccc5)nc(-c5ccccc5)n4)c3c2)c1. The number of hydrogen-bond acceptors (Lipinski definition) is 7. The Morgan fingerprint density at radius 2 is 0.776 bits per heavy atom. The van der Waals surface area contributed by atoms with E-state index in [2.05, 4.69) is 24.3 Å². The van der Waals surface area contributed by atoms with E-state index in [1.807, 2.05) is 120 Å². The van der Waals surface area contributed by atoms with Crippen molar-refractivity contribution < 1.29 is 13.2 Å². The van der Waals surface area contributed by atoms with Crippen molar-refractivity contribution in [2.75, 3.05) is 0 Å². The van der Waals surface area contributed by atoms with E-state index in [4.69, 9.17) is 15.0 Å². The molecule has 0 unspecified atom stereocenters. The van der Waals surface area contributed by atoms with Gasteiger partial charge in [0.1, 0.15) is 0 Å². The number of alkyl halides is 3. The minimum absolute atomic E-state index is 0.320. The molecular weight excluding hydrogens is 842 g/mol. The second-order valence-corrected chi connectivity index (χ2v) is 15.7. The van der Waals surface area contributed by atoms with Gasteiger partial charge in [-0.1, -0.05) is 103 Å². The van der Waals surface area contributed by atoms with Gasteiger partial charge in [-0.2, -0.15) is 34.2 Å². The topological polar surface area (TPSA) is 139 Å². The summed E-state index contributed by atoms with van der Waals surface area (Å²) >= 11 is 0. The Morgan fingerprint density at radius 1 is 0.373 bits per heavy atom. The number of rotatable bonds is 7. The highest BCUT2D eigenvalue weighted by Gasteiger charge is 2.30. The van der Waals surface area contributed by atoms with Crippen LogP contribution >= 0.6 is 0 Å². The molecule has 10 rings (SSSR count). The predicted octanol–water partition coefficient (Wildman–Crippen LogP) is 13.5. The minimum atomic E-state index is -4.53.